The number of halogens is 8. The number of carbonyl (C=O) groups is 2. The second-order valence-corrected chi connectivity index (χ2v) is 23.0. The highest BCUT2D eigenvalue weighted by Crippen LogP contribution is 2.35. The predicted molar refractivity (Wildman–Crippen MR) is 362 cm³/mol. The zero-order valence-electron chi connectivity index (χ0n) is 76.6. The van der Waals surface area contributed by atoms with Gasteiger partial charge in [-0.05, 0) is 170 Å². The molecular formula is C74H80F8N8O4S2. The van der Waals surface area contributed by atoms with E-state index < -0.39 is 213 Å². The maximum atomic E-state index is 14.9. The highest BCUT2D eigenvalue weighted by molar-refractivity contribution is 7.98. The zero-order chi connectivity index (χ0) is 90.2. The van der Waals surface area contributed by atoms with Gasteiger partial charge in [0.2, 0.25) is 11.8 Å². The summed E-state index contributed by atoms with van der Waals surface area (Å²) in [7, 11) is 0. The summed E-state index contributed by atoms with van der Waals surface area (Å²) in [5, 5.41) is -1.55. The molecule has 10 rings (SSSR count). The minimum Gasteiger partial charge on any atom is -0.336 e. The average molecular weight is 1390 g/mol. The third kappa shape index (κ3) is 19.0. The van der Waals surface area contributed by atoms with Gasteiger partial charge in [-0.2, -0.15) is 36.3 Å². The molecule has 0 spiro atoms. The van der Waals surface area contributed by atoms with Crippen molar-refractivity contribution in [3.05, 3.63) is 233 Å². The summed E-state index contributed by atoms with van der Waals surface area (Å²) in [6.07, 6.45) is -15.8. The molecule has 2 aliphatic rings. The Morgan fingerprint density at radius 1 is 0.573 bits per heavy atom. The van der Waals surface area contributed by atoms with Gasteiger partial charge in [-0.15, -0.1) is 0 Å². The molecule has 0 saturated heterocycles. The Hall–Kier alpha value is -7.92. The molecule has 8 aromatic rings. The van der Waals surface area contributed by atoms with E-state index in [0.717, 1.165) is 79.1 Å². The SMILES string of the molecule is [2H]C([2H])(Sc1nc(=O)c2c(n1C([2H])([2H])C(=O)N(CCN(CC)CC)C([2H])([2H])c1ccc(-c3ccc(C(F)(F)F)cc3)cc1)C([2H])([2H])C([2H])(C)C2([2H])[2H])c1ccc(F)cc1.[2H]c1c([2H])c(C(F)(F)F)c([2H])c([2H])c1-c1c([2H])c([2H])c(C([2H])([2H])N(CCN(CC)CC)C(=O)C([2H])([2H])n2c(SC([2H])([2H])c3ccc(F)cc3)nc(=O)c3c2CCC3)c(C)c1[2H]. The van der Waals surface area contributed by atoms with E-state index in [0.29, 0.717) is 53.5 Å². The maximum Gasteiger partial charge on any atom is 0.416 e. The van der Waals surface area contributed by atoms with Crippen molar-refractivity contribution in [2.45, 2.75) is 134 Å². The van der Waals surface area contributed by atoms with Crippen LogP contribution in [0, 0.1) is 24.5 Å². The summed E-state index contributed by atoms with van der Waals surface area (Å²) in [5.74, 6) is -7.50. The molecule has 0 aliphatic heterocycles. The number of hydrogen-bond donors (Lipinski definition) is 0. The Balaban J connectivity index is 0.000000273. The van der Waals surface area contributed by atoms with Gasteiger partial charge in [-0.3, -0.25) is 19.2 Å². The Bertz CT molecular complexity index is 5300. The van der Waals surface area contributed by atoms with Crippen LogP contribution in [-0.2, 0) is 84.9 Å². The molecule has 22 heteroatoms. The van der Waals surface area contributed by atoms with Crippen molar-refractivity contribution in [1.29, 1.82) is 0 Å². The monoisotopic (exact) mass is 1380 g/mol. The number of hydrogen-bond acceptors (Lipinski definition) is 10. The lowest BCUT2D eigenvalue weighted by molar-refractivity contribution is -0.138. The first-order chi connectivity index (χ1) is 55.2. The molecule has 0 bridgehead atoms. The van der Waals surface area contributed by atoms with E-state index in [2.05, 4.69) is 9.97 Å². The topological polar surface area (TPSA) is 117 Å². The number of amides is 2. The van der Waals surface area contributed by atoms with Crippen LogP contribution in [0.4, 0.5) is 35.1 Å². The molecule has 2 amide bonds. The maximum absolute atomic E-state index is 14.9. The van der Waals surface area contributed by atoms with Gasteiger partial charge in [0.25, 0.3) is 11.1 Å². The summed E-state index contributed by atoms with van der Waals surface area (Å²) in [5.41, 5.74) is -15.1. The average Bonchev–Trinajstić information content (AvgIpc) is 1.51. The molecule has 0 saturated carbocycles. The molecule has 0 N–H and O–H groups in total. The van der Waals surface area contributed by atoms with Crippen LogP contribution in [0.25, 0.3) is 22.3 Å². The number of nitrogens with zero attached hydrogens (tertiary/aromatic N) is 8. The fourth-order valence-electron chi connectivity index (χ4n) is 9.74. The summed E-state index contributed by atoms with van der Waals surface area (Å²) in [6.45, 7) is -3.63. The summed E-state index contributed by atoms with van der Waals surface area (Å²) in [6, 6.07) is 9.21. The van der Waals surface area contributed by atoms with Crippen molar-refractivity contribution in [2.24, 2.45) is 5.89 Å². The summed E-state index contributed by atoms with van der Waals surface area (Å²) >= 11 is 0.299. The minimum absolute atomic E-state index is 0.0000712. The quantitative estimate of drug-likeness (QED) is 0.0295. The lowest BCUT2D eigenvalue weighted by atomic mass is 9.98. The number of aromatic nitrogens is 4. The predicted octanol–water partition coefficient (Wildman–Crippen LogP) is 15.0. The van der Waals surface area contributed by atoms with E-state index in [4.69, 9.17) is 21.9 Å². The highest BCUT2D eigenvalue weighted by atomic mass is 32.2. The number of thioether (sulfide) groups is 2. The Labute approximate surface area is 597 Å². The molecular weight excluding hydrogens is 1280 g/mol. The zero-order valence-corrected chi connectivity index (χ0v) is 54.2. The van der Waals surface area contributed by atoms with Gasteiger partial charge in [0.1, 0.15) is 24.6 Å². The van der Waals surface area contributed by atoms with Crippen molar-refractivity contribution < 1.29 is 77.6 Å². The summed E-state index contributed by atoms with van der Waals surface area (Å²) in [4.78, 5) is 69.0. The Morgan fingerprint density at radius 2 is 1.03 bits per heavy atom. The van der Waals surface area contributed by atoms with Gasteiger partial charge in [-0.25, -0.2) is 8.78 Å². The Morgan fingerprint density at radius 3 is 1.53 bits per heavy atom. The van der Waals surface area contributed by atoms with E-state index in [1.807, 2.05) is 0 Å². The third-order valence-electron chi connectivity index (χ3n) is 15.1. The van der Waals surface area contributed by atoms with E-state index in [1.165, 1.54) is 36.4 Å². The smallest absolute Gasteiger partial charge is 0.336 e. The number of carbonyl (C=O) groups excluding carboxylic acids is 2. The minimum atomic E-state index is -5.31. The van der Waals surface area contributed by atoms with E-state index >= 15 is 0 Å². The summed E-state index contributed by atoms with van der Waals surface area (Å²) < 4.78 is 323. The standard InChI is InChI=1S/2C37H40F4N4O2S/c1-4-43(5-2)18-19-44(22-26-6-10-28(11-7-26)29-12-14-30(15-13-29)37(39,40)41)34(46)23-45-33-21-25(3)20-32(33)35(47)42-36(45)48-24-27-8-16-31(38)17-9-27;1-4-43(5-2)19-20-44(22-29-12-11-28(21-25(29)3)27-13-15-30(16-14-27)37(39,40)41)34(46)23-45-33-8-6-7-32(33)35(47)42-36(45)48-24-26-9-17-31(38)18-10-26/h6-17,25H,4-5,18-24H2,1-3H3;9-18,21H,4-8,19-20,22-24H2,1-3H3/i20D2,21D2,22D2,23D2,24D2,25D;11D,12D,13D,14D,15D,16D,21D,22D2,23D2,24D2. The molecule has 1 unspecified atom stereocenters. The molecule has 2 heterocycles. The highest BCUT2D eigenvalue weighted by Gasteiger charge is 2.33. The van der Waals surface area contributed by atoms with Crippen molar-refractivity contribution >= 4 is 35.3 Å². The van der Waals surface area contributed by atoms with Gasteiger partial charge >= 0.3 is 12.4 Å². The first-order valence-corrected chi connectivity index (χ1v) is 31.8. The van der Waals surface area contributed by atoms with Crippen LogP contribution in [0.3, 0.4) is 0 Å². The molecule has 96 heavy (non-hydrogen) atoms. The fraction of sp³-hybridized carbons (Fsp3) is 0.378. The van der Waals surface area contributed by atoms with Crippen LogP contribution in [-0.4, -0.2) is 103 Å². The third-order valence-corrected chi connectivity index (χ3v) is 16.7. The number of rotatable bonds is 26. The fourth-order valence-corrected chi connectivity index (χ4v) is 11.2. The second-order valence-electron chi connectivity index (χ2n) is 21.4. The van der Waals surface area contributed by atoms with Crippen molar-refractivity contribution in [3.63, 3.8) is 0 Å². The number of benzene rings is 6. The van der Waals surface area contributed by atoms with Gasteiger partial charge in [-0.1, -0.05) is 149 Å². The van der Waals surface area contributed by atoms with Crippen molar-refractivity contribution in [3.8, 4) is 22.3 Å². The van der Waals surface area contributed by atoms with Crippen LogP contribution in [0.1, 0.15) is 135 Å². The van der Waals surface area contributed by atoms with Gasteiger partial charge in [0.05, 0.1) is 31.7 Å². The van der Waals surface area contributed by atoms with Crippen LogP contribution < -0.4 is 11.1 Å². The van der Waals surface area contributed by atoms with Gasteiger partial charge < -0.3 is 28.7 Å². The number of likely N-dealkylation sites (N-methyl/N-ethyl adjacent to an activating group) is 2. The van der Waals surface area contributed by atoms with Crippen LogP contribution in [0.2, 0.25) is 0 Å². The van der Waals surface area contributed by atoms with E-state index in [1.54, 1.807) is 37.5 Å². The van der Waals surface area contributed by atoms with E-state index in [9.17, 15) is 65.3 Å². The van der Waals surface area contributed by atoms with Crippen molar-refractivity contribution in [2.75, 3.05) is 52.4 Å². The lowest BCUT2D eigenvalue weighted by Crippen LogP contribution is -2.40. The molecule has 6 aromatic carbocycles. The largest absolute Gasteiger partial charge is 0.416 e. The normalized spacial score (nSPS) is 20.0. The van der Waals surface area contributed by atoms with Gasteiger partial charge in [0.15, 0.2) is 10.3 Å². The van der Waals surface area contributed by atoms with E-state index in [-0.39, 0.29) is 82.0 Å². The van der Waals surface area contributed by atoms with Crippen LogP contribution in [0.15, 0.2) is 159 Å². The molecule has 2 aliphatic carbocycles. The van der Waals surface area contributed by atoms with Crippen molar-refractivity contribution in [1.82, 2.24) is 38.7 Å². The molecule has 508 valence electrons. The number of fused-ring (bicyclic) bond motifs is 2. The first kappa shape index (κ1) is 46.3. The molecule has 1 atom stereocenters. The molecule has 0 radical (unpaired) electrons. The lowest BCUT2D eigenvalue weighted by Gasteiger charge is -2.28. The van der Waals surface area contributed by atoms with Crippen LogP contribution in [0.5, 0.6) is 0 Å². The van der Waals surface area contributed by atoms with Crippen LogP contribution >= 0.6 is 23.5 Å². The first-order valence-electron chi connectivity index (χ1n) is 42.1. The Kier molecular flexibility index (Phi) is 15.9. The number of alkyl halides is 6. The molecule has 0 fully saturated rings. The molecule has 12 nitrogen and oxygen atoms in total. The molecule has 2 aromatic heterocycles. The van der Waals surface area contributed by atoms with Gasteiger partial charge in [0, 0.05) is 85.4 Å². The second kappa shape index (κ2) is 32.9.